The van der Waals surface area contributed by atoms with Crippen molar-refractivity contribution in [2.75, 3.05) is 6.54 Å². The number of hydrogen-bond donors (Lipinski definition) is 2. The molecule has 1 aromatic rings. The molecule has 1 aromatic carbocycles. The van der Waals surface area contributed by atoms with Crippen molar-refractivity contribution in [1.29, 1.82) is 0 Å². The van der Waals surface area contributed by atoms with Gasteiger partial charge >= 0.3 is 5.97 Å². The van der Waals surface area contributed by atoms with Gasteiger partial charge in [0, 0.05) is 6.54 Å². The first-order valence-electron chi connectivity index (χ1n) is 5.68. The van der Waals surface area contributed by atoms with Crippen molar-refractivity contribution in [2.24, 2.45) is 0 Å². The molecule has 0 bridgehead atoms. The SMILES string of the molecule is CC(C)c1ccc2c(c1)C(C(=O)O)NCC2. The molecule has 0 fully saturated rings. The van der Waals surface area contributed by atoms with E-state index in [1.165, 1.54) is 5.56 Å². The van der Waals surface area contributed by atoms with Gasteiger partial charge in [0.1, 0.15) is 6.04 Å². The van der Waals surface area contributed by atoms with Crippen LogP contribution >= 0.6 is 0 Å². The molecule has 1 aliphatic rings. The van der Waals surface area contributed by atoms with E-state index >= 15 is 0 Å². The molecule has 86 valence electrons. The quantitative estimate of drug-likeness (QED) is 0.800. The van der Waals surface area contributed by atoms with Crippen molar-refractivity contribution in [1.82, 2.24) is 5.32 Å². The van der Waals surface area contributed by atoms with Crippen molar-refractivity contribution in [3.8, 4) is 0 Å². The number of aliphatic carboxylic acids is 1. The normalized spacial score (nSPS) is 19.6. The van der Waals surface area contributed by atoms with Crippen molar-refractivity contribution in [3.05, 3.63) is 34.9 Å². The summed E-state index contributed by atoms with van der Waals surface area (Å²) in [7, 11) is 0. The number of rotatable bonds is 2. The summed E-state index contributed by atoms with van der Waals surface area (Å²) in [5.41, 5.74) is 3.30. The molecular formula is C13H17NO2. The number of nitrogens with one attached hydrogen (secondary N) is 1. The summed E-state index contributed by atoms with van der Waals surface area (Å²) in [4.78, 5) is 11.1. The summed E-state index contributed by atoms with van der Waals surface area (Å²) >= 11 is 0. The van der Waals surface area contributed by atoms with Gasteiger partial charge in [-0.2, -0.15) is 0 Å². The molecule has 1 heterocycles. The summed E-state index contributed by atoms with van der Waals surface area (Å²) in [6.45, 7) is 4.98. The Kier molecular flexibility index (Phi) is 2.97. The van der Waals surface area contributed by atoms with Gasteiger partial charge in [-0.1, -0.05) is 32.0 Å². The zero-order valence-electron chi connectivity index (χ0n) is 9.66. The maximum Gasteiger partial charge on any atom is 0.325 e. The fourth-order valence-corrected chi connectivity index (χ4v) is 2.15. The van der Waals surface area contributed by atoms with E-state index in [0.29, 0.717) is 5.92 Å². The summed E-state index contributed by atoms with van der Waals surface area (Å²) in [6.07, 6.45) is 0.914. The Balaban J connectivity index is 2.44. The van der Waals surface area contributed by atoms with Crippen LogP contribution in [0.3, 0.4) is 0 Å². The summed E-state index contributed by atoms with van der Waals surface area (Å²) < 4.78 is 0. The molecule has 2 rings (SSSR count). The lowest BCUT2D eigenvalue weighted by atomic mass is 9.90. The Morgan fingerprint density at radius 1 is 1.50 bits per heavy atom. The maximum atomic E-state index is 11.1. The van der Waals surface area contributed by atoms with Gasteiger partial charge in [-0.15, -0.1) is 0 Å². The van der Waals surface area contributed by atoms with Crippen LogP contribution in [0.4, 0.5) is 0 Å². The van der Waals surface area contributed by atoms with Gasteiger partial charge in [-0.05, 0) is 29.0 Å². The number of carboxylic acid groups (broad SMARTS) is 1. The predicted octanol–water partition coefficient (Wildman–Crippen LogP) is 2.08. The molecule has 1 unspecified atom stereocenters. The van der Waals surface area contributed by atoms with Gasteiger partial charge in [-0.3, -0.25) is 4.79 Å². The smallest absolute Gasteiger partial charge is 0.325 e. The summed E-state index contributed by atoms with van der Waals surface area (Å²) in [5, 5.41) is 12.2. The molecule has 2 N–H and O–H groups in total. The highest BCUT2D eigenvalue weighted by molar-refractivity contribution is 5.76. The summed E-state index contributed by atoms with van der Waals surface area (Å²) in [5.74, 6) is -0.358. The Hall–Kier alpha value is -1.35. The van der Waals surface area contributed by atoms with Crippen molar-refractivity contribution < 1.29 is 9.90 Å². The van der Waals surface area contributed by atoms with Crippen LogP contribution in [-0.2, 0) is 11.2 Å². The molecular weight excluding hydrogens is 202 g/mol. The van der Waals surface area contributed by atoms with Gasteiger partial charge in [0.2, 0.25) is 0 Å². The molecule has 0 aromatic heterocycles. The highest BCUT2D eigenvalue weighted by atomic mass is 16.4. The Morgan fingerprint density at radius 2 is 2.25 bits per heavy atom. The molecule has 0 saturated heterocycles. The number of hydrogen-bond acceptors (Lipinski definition) is 2. The average Bonchev–Trinajstić information content (AvgIpc) is 2.27. The molecule has 1 aliphatic heterocycles. The van der Waals surface area contributed by atoms with Gasteiger partial charge < -0.3 is 10.4 Å². The molecule has 1 atom stereocenters. The molecule has 0 radical (unpaired) electrons. The first-order chi connectivity index (χ1) is 7.59. The molecule has 0 amide bonds. The first-order valence-corrected chi connectivity index (χ1v) is 5.68. The van der Waals surface area contributed by atoms with E-state index < -0.39 is 12.0 Å². The minimum absolute atomic E-state index is 0.432. The molecule has 3 nitrogen and oxygen atoms in total. The standard InChI is InChI=1S/C13H17NO2/c1-8(2)10-4-3-9-5-6-14-12(13(15)16)11(9)7-10/h3-4,7-8,12,14H,5-6H2,1-2H3,(H,15,16). The first kappa shape index (κ1) is 11.1. The van der Waals surface area contributed by atoms with Gasteiger partial charge in [0.25, 0.3) is 0 Å². The van der Waals surface area contributed by atoms with E-state index in [1.807, 2.05) is 6.07 Å². The maximum absolute atomic E-state index is 11.1. The van der Waals surface area contributed by atoms with E-state index in [4.69, 9.17) is 5.11 Å². The van der Waals surface area contributed by atoms with Gasteiger partial charge in [-0.25, -0.2) is 0 Å². The van der Waals surface area contributed by atoms with Crippen LogP contribution in [0.5, 0.6) is 0 Å². The zero-order chi connectivity index (χ0) is 11.7. The number of fused-ring (bicyclic) bond motifs is 1. The van der Waals surface area contributed by atoms with Crippen LogP contribution in [0, 0.1) is 0 Å². The molecule has 0 aliphatic carbocycles. The summed E-state index contributed by atoms with van der Waals surface area (Å²) in [6, 6.07) is 5.67. The molecule has 16 heavy (non-hydrogen) atoms. The van der Waals surface area contributed by atoms with Crippen molar-refractivity contribution in [3.63, 3.8) is 0 Å². The largest absolute Gasteiger partial charge is 0.480 e. The Morgan fingerprint density at radius 3 is 2.88 bits per heavy atom. The predicted molar refractivity (Wildman–Crippen MR) is 62.6 cm³/mol. The van der Waals surface area contributed by atoms with Crippen LogP contribution in [0.25, 0.3) is 0 Å². The van der Waals surface area contributed by atoms with Gasteiger partial charge in [0.15, 0.2) is 0 Å². The van der Waals surface area contributed by atoms with E-state index in [1.54, 1.807) is 0 Å². The molecule has 3 heteroatoms. The van der Waals surface area contributed by atoms with E-state index in [2.05, 4.69) is 31.3 Å². The monoisotopic (exact) mass is 219 g/mol. The van der Waals surface area contributed by atoms with Crippen LogP contribution in [0.1, 0.15) is 42.5 Å². The lowest BCUT2D eigenvalue weighted by Crippen LogP contribution is -2.35. The van der Waals surface area contributed by atoms with Crippen LogP contribution in [-0.4, -0.2) is 17.6 Å². The zero-order valence-corrected chi connectivity index (χ0v) is 9.66. The second-order valence-electron chi connectivity index (χ2n) is 4.59. The minimum Gasteiger partial charge on any atom is -0.480 e. The second kappa shape index (κ2) is 4.26. The van der Waals surface area contributed by atoms with E-state index in [0.717, 1.165) is 24.1 Å². The van der Waals surface area contributed by atoms with E-state index in [9.17, 15) is 4.79 Å². The third kappa shape index (κ3) is 1.95. The van der Waals surface area contributed by atoms with Crippen LogP contribution in [0.15, 0.2) is 18.2 Å². The third-order valence-corrected chi connectivity index (χ3v) is 3.14. The number of carbonyl (C=O) groups is 1. The highest BCUT2D eigenvalue weighted by Crippen LogP contribution is 2.27. The number of carboxylic acids is 1. The van der Waals surface area contributed by atoms with Crippen molar-refractivity contribution >= 4 is 5.97 Å². The van der Waals surface area contributed by atoms with Crippen molar-refractivity contribution in [2.45, 2.75) is 32.2 Å². The Labute approximate surface area is 95.5 Å². The fourth-order valence-electron chi connectivity index (χ4n) is 2.15. The third-order valence-electron chi connectivity index (χ3n) is 3.14. The molecule has 0 spiro atoms. The average molecular weight is 219 g/mol. The lowest BCUT2D eigenvalue weighted by molar-refractivity contribution is -0.139. The molecule has 0 saturated carbocycles. The second-order valence-corrected chi connectivity index (χ2v) is 4.59. The van der Waals surface area contributed by atoms with Gasteiger partial charge in [0.05, 0.1) is 0 Å². The fraction of sp³-hybridized carbons (Fsp3) is 0.462. The number of benzene rings is 1. The topological polar surface area (TPSA) is 49.3 Å². The van der Waals surface area contributed by atoms with Crippen LogP contribution < -0.4 is 5.32 Å². The lowest BCUT2D eigenvalue weighted by Gasteiger charge is -2.25. The minimum atomic E-state index is -0.790. The van der Waals surface area contributed by atoms with Crippen LogP contribution in [0.2, 0.25) is 0 Å². The Bertz CT molecular complexity index is 412. The van der Waals surface area contributed by atoms with E-state index in [-0.39, 0.29) is 0 Å². The highest BCUT2D eigenvalue weighted by Gasteiger charge is 2.25.